The Kier molecular flexibility index (Phi) is 7.05. The lowest BCUT2D eigenvalue weighted by Gasteiger charge is -2.20. The molecule has 9 heteroatoms. The van der Waals surface area contributed by atoms with E-state index in [1.54, 1.807) is 6.26 Å². The predicted molar refractivity (Wildman–Crippen MR) is 87.0 cm³/mol. The number of nitrogens with one attached hydrogen (secondary N) is 1. The van der Waals surface area contributed by atoms with Gasteiger partial charge in [0.15, 0.2) is 0 Å². The Hall–Kier alpha value is -2.29. The Bertz CT molecular complexity index is 671. The first kappa shape index (κ1) is 19.0. The molecule has 0 aliphatic heterocycles. The topological polar surface area (TPSA) is 76.2 Å². The van der Waals surface area contributed by atoms with E-state index < -0.39 is 6.43 Å². The molecule has 1 amide bonds. The summed E-state index contributed by atoms with van der Waals surface area (Å²) in [4.78, 5) is 14.1. The van der Waals surface area contributed by atoms with Crippen molar-refractivity contribution in [3.8, 4) is 0 Å². The van der Waals surface area contributed by atoms with Crippen molar-refractivity contribution in [2.24, 2.45) is 0 Å². The zero-order chi connectivity index (χ0) is 18.2. The number of aryl methyl sites for hydroxylation is 1. The number of hydrogen-bond donors (Lipinski definition) is 1. The Labute approximate surface area is 145 Å². The summed E-state index contributed by atoms with van der Waals surface area (Å²) in [5.74, 6) is -0.266. The summed E-state index contributed by atoms with van der Waals surface area (Å²) in [5, 5.41) is 10.4. The maximum atomic E-state index is 12.5. The summed E-state index contributed by atoms with van der Waals surface area (Å²) in [6.45, 7) is 6.59. The summed E-state index contributed by atoms with van der Waals surface area (Å²) in [6, 6.07) is 1.21. The van der Waals surface area contributed by atoms with Crippen molar-refractivity contribution in [2.75, 3.05) is 19.6 Å². The lowest BCUT2D eigenvalue weighted by Crippen LogP contribution is -2.36. The van der Waals surface area contributed by atoms with E-state index >= 15 is 0 Å². The van der Waals surface area contributed by atoms with Gasteiger partial charge in [-0.05, 0) is 26.0 Å². The molecule has 0 fully saturated rings. The average molecular weight is 355 g/mol. The van der Waals surface area contributed by atoms with Crippen molar-refractivity contribution in [2.45, 2.75) is 39.8 Å². The van der Waals surface area contributed by atoms with Crippen LogP contribution in [0.25, 0.3) is 0 Å². The first-order chi connectivity index (χ1) is 12.0. The molecule has 0 unspecified atom stereocenters. The molecule has 1 N–H and O–H groups in total. The average Bonchev–Trinajstić information content (AvgIpc) is 3.17. The molecular formula is C16H23F2N5O2. The van der Waals surface area contributed by atoms with Gasteiger partial charge in [-0.1, -0.05) is 12.1 Å². The van der Waals surface area contributed by atoms with Gasteiger partial charge in [0.2, 0.25) is 5.91 Å². The zero-order valence-electron chi connectivity index (χ0n) is 14.4. The van der Waals surface area contributed by atoms with E-state index in [0.29, 0.717) is 19.6 Å². The molecule has 0 spiro atoms. The quantitative estimate of drug-likeness (QED) is 0.707. The van der Waals surface area contributed by atoms with E-state index in [1.807, 2.05) is 6.92 Å². The van der Waals surface area contributed by atoms with Crippen LogP contribution in [-0.2, 0) is 17.9 Å². The second-order valence-corrected chi connectivity index (χ2v) is 5.81. The van der Waals surface area contributed by atoms with Crippen LogP contribution >= 0.6 is 0 Å². The van der Waals surface area contributed by atoms with Gasteiger partial charge in [-0.3, -0.25) is 14.4 Å². The van der Waals surface area contributed by atoms with Crippen molar-refractivity contribution in [3.63, 3.8) is 0 Å². The Morgan fingerprint density at radius 1 is 1.44 bits per heavy atom. The molecule has 2 rings (SSSR count). The molecule has 2 aromatic heterocycles. The molecule has 138 valence electrons. The van der Waals surface area contributed by atoms with Gasteiger partial charge in [-0.2, -0.15) is 5.10 Å². The van der Waals surface area contributed by atoms with Crippen molar-refractivity contribution < 1.29 is 18.1 Å². The molecule has 0 saturated carbocycles. The highest BCUT2D eigenvalue weighted by molar-refractivity contribution is 5.75. The molecule has 0 aliphatic rings. The molecule has 0 saturated heterocycles. The summed E-state index contributed by atoms with van der Waals surface area (Å²) < 4.78 is 31.1. The SMILES string of the molecule is CCCN(CCNC(=O)Cn1ccc(C(F)F)n1)Cc1nocc1C. The van der Waals surface area contributed by atoms with Crippen LogP contribution in [-0.4, -0.2) is 45.4 Å². The van der Waals surface area contributed by atoms with E-state index in [-0.39, 0.29) is 18.1 Å². The molecule has 0 bridgehead atoms. The lowest BCUT2D eigenvalue weighted by molar-refractivity contribution is -0.121. The van der Waals surface area contributed by atoms with Gasteiger partial charge in [0.25, 0.3) is 6.43 Å². The van der Waals surface area contributed by atoms with Gasteiger partial charge >= 0.3 is 0 Å². The lowest BCUT2D eigenvalue weighted by atomic mass is 10.2. The Morgan fingerprint density at radius 3 is 2.84 bits per heavy atom. The van der Waals surface area contributed by atoms with Crippen LogP contribution < -0.4 is 5.32 Å². The van der Waals surface area contributed by atoms with Crippen molar-refractivity contribution in [3.05, 3.63) is 35.5 Å². The molecule has 0 aromatic carbocycles. The van der Waals surface area contributed by atoms with Gasteiger partial charge in [0.05, 0.1) is 0 Å². The van der Waals surface area contributed by atoms with Crippen LogP contribution in [0.5, 0.6) is 0 Å². The normalized spacial score (nSPS) is 11.4. The summed E-state index contributed by atoms with van der Waals surface area (Å²) in [7, 11) is 0. The number of rotatable bonds is 10. The van der Waals surface area contributed by atoms with Crippen LogP contribution in [0.15, 0.2) is 23.0 Å². The summed E-state index contributed by atoms with van der Waals surface area (Å²) in [5.41, 5.74) is 1.56. The first-order valence-electron chi connectivity index (χ1n) is 8.20. The van der Waals surface area contributed by atoms with Gasteiger partial charge < -0.3 is 9.84 Å². The second-order valence-electron chi connectivity index (χ2n) is 5.81. The van der Waals surface area contributed by atoms with E-state index in [4.69, 9.17) is 4.52 Å². The number of halogens is 2. The van der Waals surface area contributed by atoms with Gasteiger partial charge in [0.1, 0.15) is 24.2 Å². The number of amides is 1. The van der Waals surface area contributed by atoms with Crippen molar-refractivity contribution in [1.82, 2.24) is 25.2 Å². The monoisotopic (exact) mass is 355 g/mol. The van der Waals surface area contributed by atoms with Gasteiger partial charge in [-0.15, -0.1) is 0 Å². The minimum absolute atomic E-state index is 0.0805. The molecular weight excluding hydrogens is 332 g/mol. The molecule has 2 aromatic rings. The second kappa shape index (κ2) is 9.26. The highest BCUT2D eigenvalue weighted by Gasteiger charge is 2.13. The Balaban J connectivity index is 1.76. The van der Waals surface area contributed by atoms with Crippen LogP contribution in [0.4, 0.5) is 8.78 Å². The maximum Gasteiger partial charge on any atom is 0.282 e. The summed E-state index contributed by atoms with van der Waals surface area (Å²) in [6.07, 6.45) is 1.33. The van der Waals surface area contributed by atoms with E-state index in [2.05, 4.69) is 27.4 Å². The van der Waals surface area contributed by atoms with Crippen LogP contribution in [0, 0.1) is 6.92 Å². The van der Waals surface area contributed by atoms with Crippen LogP contribution in [0.1, 0.15) is 36.7 Å². The predicted octanol–water partition coefficient (Wildman–Crippen LogP) is 2.15. The fourth-order valence-corrected chi connectivity index (χ4v) is 2.40. The third-order valence-corrected chi connectivity index (χ3v) is 3.70. The van der Waals surface area contributed by atoms with E-state index in [1.165, 1.54) is 16.9 Å². The van der Waals surface area contributed by atoms with Crippen molar-refractivity contribution >= 4 is 5.91 Å². The fourth-order valence-electron chi connectivity index (χ4n) is 2.40. The zero-order valence-corrected chi connectivity index (χ0v) is 14.4. The molecule has 25 heavy (non-hydrogen) atoms. The summed E-state index contributed by atoms with van der Waals surface area (Å²) >= 11 is 0. The standard InChI is InChI=1S/C16H23F2N5O2/c1-3-6-22(9-14-12(2)11-25-21-14)8-5-19-15(24)10-23-7-4-13(20-23)16(17)18/h4,7,11,16H,3,5-6,8-10H2,1-2H3,(H,19,24). The molecule has 0 aliphatic carbocycles. The third kappa shape index (κ3) is 5.93. The Morgan fingerprint density at radius 2 is 2.24 bits per heavy atom. The van der Waals surface area contributed by atoms with Gasteiger partial charge in [0, 0.05) is 31.4 Å². The fraction of sp³-hybridized carbons (Fsp3) is 0.562. The molecule has 7 nitrogen and oxygen atoms in total. The largest absolute Gasteiger partial charge is 0.364 e. The minimum atomic E-state index is -2.63. The number of carbonyl (C=O) groups excluding carboxylic acids is 1. The molecule has 0 radical (unpaired) electrons. The number of alkyl halides is 2. The number of aromatic nitrogens is 3. The van der Waals surface area contributed by atoms with Gasteiger partial charge in [-0.25, -0.2) is 8.78 Å². The van der Waals surface area contributed by atoms with E-state index in [9.17, 15) is 13.6 Å². The number of hydrogen-bond acceptors (Lipinski definition) is 5. The minimum Gasteiger partial charge on any atom is -0.364 e. The first-order valence-corrected chi connectivity index (χ1v) is 8.20. The highest BCUT2D eigenvalue weighted by Crippen LogP contribution is 2.15. The molecule has 2 heterocycles. The number of carbonyl (C=O) groups is 1. The van der Waals surface area contributed by atoms with Crippen LogP contribution in [0.3, 0.4) is 0 Å². The number of nitrogens with zero attached hydrogens (tertiary/aromatic N) is 4. The smallest absolute Gasteiger partial charge is 0.282 e. The highest BCUT2D eigenvalue weighted by atomic mass is 19.3. The third-order valence-electron chi connectivity index (χ3n) is 3.70. The molecule has 0 atom stereocenters. The van der Waals surface area contributed by atoms with Crippen LogP contribution in [0.2, 0.25) is 0 Å². The van der Waals surface area contributed by atoms with Crippen molar-refractivity contribution in [1.29, 1.82) is 0 Å². The van der Waals surface area contributed by atoms with E-state index in [0.717, 1.165) is 24.2 Å². The maximum absolute atomic E-state index is 12.5.